The van der Waals surface area contributed by atoms with Crippen molar-refractivity contribution in [2.45, 2.75) is 39.5 Å². The van der Waals surface area contributed by atoms with Crippen LogP contribution < -0.4 is 10.4 Å². The number of aryl methyl sites for hydroxylation is 1. The predicted octanol–water partition coefficient (Wildman–Crippen LogP) is 4.18. The molecule has 0 amide bonds. The number of rotatable bonds is 7. The second-order valence-electron chi connectivity index (χ2n) is 8.83. The highest BCUT2D eigenvalue weighted by Crippen LogP contribution is 2.23. The van der Waals surface area contributed by atoms with E-state index in [1.54, 1.807) is 6.07 Å². The molecular weight excluding hydrogens is 416 g/mol. The molecule has 0 bridgehead atoms. The van der Waals surface area contributed by atoms with Crippen molar-refractivity contribution in [1.82, 2.24) is 19.9 Å². The third-order valence-electron chi connectivity index (χ3n) is 6.30. The normalized spacial score (nSPS) is 15.2. The smallest absolute Gasteiger partial charge is 0.336 e. The molecule has 33 heavy (non-hydrogen) atoms. The third kappa shape index (κ3) is 5.31. The molecule has 2 aromatic carbocycles. The van der Waals surface area contributed by atoms with Crippen molar-refractivity contribution in [1.29, 1.82) is 0 Å². The van der Waals surface area contributed by atoms with Crippen molar-refractivity contribution in [2.24, 2.45) is 5.92 Å². The molecule has 0 aliphatic carbocycles. The SMILES string of the molecule is Cc1cc(=O)oc2cc(OCc3cn(CC4CCN(Cc5ccccc5)CC4)nn3)ccc12. The Morgan fingerprint density at radius 2 is 1.91 bits per heavy atom. The van der Waals surface area contributed by atoms with Crippen LogP contribution in [0.5, 0.6) is 5.75 Å². The number of fused-ring (bicyclic) bond motifs is 1. The van der Waals surface area contributed by atoms with Crippen LogP contribution in [0.25, 0.3) is 11.0 Å². The quantitative estimate of drug-likeness (QED) is 0.398. The van der Waals surface area contributed by atoms with Crippen LogP contribution in [0.15, 0.2) is 70.0 Å². The van der Waals surface area contributed by atoms with Gasteiger partial charge in [0.05, 0.1) is 6.20 Å². The summed E-state index contributed by atoms with van der Waals surface area (Å²) in [6.45, 7) is 6.34. The average Bonchev–Trinajstić information content (AvgIpc) is 3.26. The van der Waals surface area contributed by atoms with E-state index in [1.807, 2.05) is 29.9 Å². The van der Waals surface area contributed by atoms with E-state index in [2.05, 4.69) is 45.5 Å². The van der Waals surface area contributed by atoms with E-state index >= 15 is 0 Å². The lowest BCUT2D eigenvalue weighted by atomic mass is 9.96. The van der Waals surface area contributed by atoms with E-state index in [0.717, 1.165) is 42.8 Å². The van der Waals surface area contributed by atoms with E-state index in [1.165, 1.54) is 24.5 Å². The molecule has 1 aliphatic rings. The molecule has 2 aromatic heterocycles. The third-order valence-corrected chi connectivity index (χ3v) is 6.30. The standard InChI is InChI=1S/C26H28N4O3/c1-19-13-26(31)33-25-14-23(7-8-24(19)25)32-18-22-17-30(28-27-22)16-21-9-11-29(12-10-21)15-20-5-3-2-4-6-20/h2-8,13-14,17,21H,9-12,15-16,18H2,1H3. The zero-order valence-electron chi connectivity index (χ0n) is 18.8. The number of benzene rings is 2. The zero-order valence-corrected chi connectivity index (χ0v) is 18.8. The Morgan fingerprint density at radius 3 is 2.73 bits per heavy atom. The molecule has 170 valence electrons. The minimum atomic E-state index is -0.356. The molecule has 1 aliphatic heterocycles. The number of hydrogen-bond donors (Lipinski definition) is 0. The van der Waals surface area contributed by atoms with E-state index < -0.39 is 0 Å². The van der Waals surface area contributed by atoms with Gasteiger partial charge in [-0.05, 0) is 62.0 Å². The van der Waals surface area contributed by atoms with Gasteiger partial charge in [0.1, 0.15) is 23.6 Å². The highest BCUT2D eigenvalue weighted by Gasteiger charge is 2.20. The monoisotopic (exact) mass is 444 g/mol. The van der Waals surface area contributed by atoms with Gasteiger partial charge in [0.15, 0.2) is 0 Å². The number of nitrogens with zero attached hydrogens (tertiary/aromatic N) is 4. The fourth-order valence-electron chi connectivity index (χ4n) is 4.48. The maximum absolute atomic E-state index is 11.6. The van der Waals surface area contributed by atoms with Gasteiger partial charge in [0.2, 0.25) is 0 Å². The zero-order chi connectivity index (χ0) is 22.6. The van der Waals surface area contributed by atoms with Gasteiger partial charge in [-0.3, -0.25) is 9.58 Å². The molecule has 1 saturated heterocycles. The van der Waals surface area contributed by atoms with Gasteiger partial charge in [0.25, 0.3) is 0 Å². The van der Waals surface area contributed by atoms with Crippen LogP contribution in [-0.2, 0) is 19.7 Å². The van der Waals surface area contributed by atoms with Gasteiger partial charge in [-0.25, -0.2) is 4.79 Å². The van der Waals surface area contributed by atoms with Crippen molar-refractivity contribution in [2.75, 3.05) is 13.1 Å². The minimum Gasteiger partial charge on any atom is -0.487 e. The maximum atomic E-state index is 11.6. The van der Waals surface area contributed by atoms with Crippen molar-refractivity contribution in [3.63, 3.8) is 0 Å². The first-order chi connectivity index (χ1) is 16.1. The molecular formula is C26H28N4O3. The summed E-state index contributed by atoms with van der Waals surface area (Å²) in [6.07, 6.45) is 4.29. The summed E-state index contributed by atoms with van der Waals surface area (Å²) in [5.74, 6) is 1.25. The van der Waals surface area contributed by atoms with Crippen LogP contribution in [0.4, 0.5) is 0 Å². The molecule has 7 nitrogen and oxygen atoms in total. The number of hydrogen-bond acceptors (Lipinski definition) is 6. The number of piperidine rings is 1. The molecule has 1 fully saturated rings. The second kappa shape index (κ2) is 9.58. The first kappa shape index (κ1) is 21.4. The Hall–Kier alpha value is -3.45. The molecule has 0 saturated carbocycles. The Bertz CT molecular complexity index is 1270. The Kier molecular flexibility index (Phi) is 6.21. The lowest BCUT2D eigenvalue weighted by molar-refractivity contribution is 0.164. The number of aromatic nitrogens is 3. The first-order valence-electron chi connectivity index (χ1n) is 11.4. The Balaban J connectivity index is 1.12. The van der Waals surface area contributed by atoms with Crippen LogP contribution in [-0.4, -0.2) is 33.0 Å². The molecule has 0 N–H and O–H groups in total. The summed E-state index contributed by atoms with van der Waals surface area (Å²) in [5, 5.41) is 9.46. The Morgan fingerprint density at radius 1 is 1.09 bits per heavy atom. The fraction of sp³-hybridized carbons (Fsp3) is 0.346. The fourth-order valence-corrected chi connectivity index (χ4v) is 4.48. The van der Waals surface area contributed by atoms with Gasteiger partial charge >= 0.3 is 5.63 Å². The van der Waals surface area contributed by atoms with Crippen LogP contribution >= 0.6 is 0 Å². The topological polar surface area (TPSA) is 73.4 Å². The molecule has 4 aromatic rings. The van der Waals surface area contributed by atoms with Crippen LogP contribution in [0.3, 0.4) is 0 Å². The highest BCUT2D eigenvalue weighted by molar-refractivity contribution is 5.81. The molecule has 0 radical (unpaired) electrons. The van der Waals surface area contributed by atoms with Crippen LogP contribution in [0.1, 0.15) is 29.7 Å². The van der Waals surface area contributed by atoms with Crippen LogP contribution in [0.2, 0.25) is 0 Å². The molecule has 0 spiro atoms. The lowest BCUT2D eigenvalue weighted by Crippen LogP contribution is -2.34. The average molecular weight is 445 g/mol. The number of likely N-dealkylation sites (tertiary alicyclic amines) is 1. The Labute approximate surface area is 192 Å². The molecule has 5 rings (SSSR count). The van der Waals surface area contributed by atoms with E-state index in [4.69, 9.17) is 9.15 Å². The van der Waals surface area contributed by atoms with Crippen molar-refractivity contribution in [3.05, 3.63) is 88.0 Å². The minimum absolute atomic E-state index is 0.317. The summed E-state index contributed by atoms with van der Waals surface area (Å²) in [7, 11) is 0. The largest absolute Gasteiger partial charge is 0.487 e. The number of ether oxygens (including phenoxy) is 1. The van der Waals surface area contributed by atoms with Gasteiger partial charge in [-0.1, -0.05) is 35.5 Å². The molecule has 0 unspecified atom stereocenters. The van der Waals surface area contributed by atoms with Gasteiger partial charge < -0.3 is 9.15 Å². The van der Waals surface area contributed by atoms with E-state index in [9.17, 15) is 4.79 Å². The van der Waals surface area contributed by atoms with Crippen molar-refractivity contribution < 1.29 is 9.15 Å². The van der Waals surface area contributed by atoms with Gasteiger partial charge in [-0.2, -0.15) is 0 Å². The lowest BCUT2D eigenvalue weighted by Gasteiger charge is -2.31. The first-order valence-corrected chi connectivity index (χ1v) is 11.4. The summed E-state index contributed by atoms with van der Waals surface area (Å²) in [5.41, 5.74) is 3.22. The predicted molar refractivity (Wildman–Crippen MR) is 126 cm³/mol. The van der Waals surface area contributed by atoms with Crippen LogP contribution in [0, 0.1) is 12.8 Å². The summed E-state index contributed by atoms with van der Waals surface area (Å²) >= 11 is 0. The van der Waals surface area contributed by atoms with Crippen molar-refractivity contribution in [3.8, 4) is 5.75 Å². The van der Waals surface area contributed by atoms with Gasteiger partial charge in [-0.15, -0.1) is 5.10 Å². The van der Waals surface area contributed by atoms with E-state index in [0.29, 0.717) is 23.9 Å². The second-order valence-corrected chi connectivity index (χ2v) is 8.83. The summed E-state index contributed by atoms with van der Waals surface area (Å²) in [6, 6.07) is 17.7. The summed E-state index contributed by atoms with van der Waals surface area (Å²) < 4.78 is 13.1. The summed E-state index contributed by atoms with van der Waals surface area (Å²) in [4.78, 5) is 14.2. The molecule has 0 atom stereocenters. The maximum Gasteiger partial charge on any atom is 0.336 e. The molecule has 7 heteroatoms. The van der Waals surface area contributed by atoms with Crippen molar-refractivity contribution >= 4 is 11.0 Å². The highest BCUT2D eigenvalue weighted by atomic mass is 16.5. The molecule has 3 heterocycles. The van der Waals surface area contributed by atoms with Gasteiger partial charge in [0, 0.05) is 30.6 Å². The van der Waals surface area contributed by atoms with E-state index in [-0.39, 0.29) is 5.63 Å².